The fourth-order valence-corrected chi connectivity index (χ4v) is 1.99. The fraction of sp³-hybridized carbons (Fsp3) is 0.917. The summed E-state index contributed by atoms with van der Waals surface area (Å²) in [5.74, 6) is 0.476. The Morgan fingerprint density at radius 3 is 2.21 bits per heavy atom. The van der Waals surface area contributed by atoms with Gasteiger partial charge in [0.25, 0.3) is 0 Å². The Morgan fingerprint density at radius 2 is 1.86 bits per heavy atom. The van der Waals surface area contributed by atoms with Gasteiger partial charge >= 0.3 is 0 Å². The zero-order valence-electron chi connectivity index (χ0n) is 9.97. The Balaban J connectivity index is 2.47. The smallest absolute Gasteiger partial charge is 0.225 e. The van der Waals surface area contributed by atoms with Crippen LogP contribution in [-0.4, -0.2) is 23.9 Å². The van der Waals surface area contributed by atoms with E-state index in [4.69, 9.17) is 0 Å². The minimum Gasteiger partial charge on any atom is -0.342 e. The third-order valence-electron chi connectivity index (χ3n) is 3.63. The zero-order valence-corrected chi connectivity index (χ0v) is 9.97. The number of carbonyl (C=O) groups excluding carboxylic acids is 1. The first kappa shape index (κ1) is 11.5. The van der Waals surface area contributed by atoms with E-state index in [-0.39, 0.29) is 5.92 Å². The van der Waals surface area contributed by atoms with Crippen LogP contribution in [0.4, 0.5) is 0 Å². The first-order chi connectivity index (χ1) is 6.48. The number of amides is 1. The summed E-state index contributed by atoms with van der Waals surface area (Å²) in [6.45, 7) is 10.5. The highest BCUT2D eigenvalue weighted by Gasteiger charge is 2.30. The molecular formula is C12H23NO. The number of hydrogen-bond acceptors (Lipinski definition) is 1. The maximum absolute atomic E-state index is 11.7. The van der Waals surface area contributed by atoms with E-state index in [1.807, 2.05) is 18.7 Å². The van der Waals surface area contributed by atoms with Gasteiger partial charge in [0, 0.05) is 19.0 Å². The van der Waals surface area contributed by atoms with E-state index in [1.54, 1.807) is 0 Å². The number of piperidine rings is 1. The van der Waals surface area contributed by atoms with Crippen LogP contribution < -0.4 is 0 Å². The summed E-state index contributed by atoms with van der Waals surface area (Å²) in [7, 11) is 0. The van der Waals surface area contributed by atoms with Gasteiger partial charge in [-0.3, -0.25) is 4.79 Å². The zero-order chi connectivity index (χ0) is 10.8. The van der Waals surface area contributed by atoms with Crippen molar-refractivity contribution in [3.05, 3.63) is 0 Å². The minimum absolute atomic E-state index is 0.154. The maximum atomic E-state index is 11.7. The molecule has 0 aromatic rings. The average molecular weight is 197 g/mol. The van der Waals surface area contributed by atoms with Crippen LogP contribution in [0.25, 0.3) is 0 Å². The van der Waals surface area contributed by atoms with Gasteiger partial charge < -0.3 is 4.90 Å². The van der Waals surface area contributed by atoms with Crippen molar-refractivity contribution in [1.82, 2.24) is 4.90 Å². The highest BCUT2D eigenvalue weighted by atomic mass is 16.2. The minimum atomic E-state index is 0.154. The second kappa shape index (κ2) is 4.33. The number of carbonyl (C=O) groups is 1. The van der Waals surface area contributed by atoms with Crippen LogP contribution in [0.5, 0.6) is 0 Å². The monoisotopic (exact) mass is 197 g/mol. The number of rotatable bonds is 2. The van der Waals surface area contributed by atoms with Crippen molar-refractivity contribution >= 4 is 5.91 Å². The molecule has 0 spiro atoms. The number of likely N-dealkylation sites (tertiary alicyclic amines) is 1. The van der Waals surface area contributed by atoms with E-state index in [1.165, 1.54) is 19.3 Å². The van der Waals surface area contributed by atoms with E-state index in [0.29, 0.717) is 11.3 Å². The lowest BCUT2D eigenvalue weighted by atomic mass is 9.78. The highest BCUT2D eigenvalue weighted by molar-refractivity contribution is 5.78. The summed E-state index contributed by atoms with van der Waals surface area (Å²) in [6.07, 6.45) is 3.57. The molecule has 14 heavy (non-hydrogen) atoms. The lowest BCUT2D eigenvalue weighted by Crippen LogP contribution is -2.43. The molecule has 0 unspecified atom stereocenters. The van der Waals surface area contributed by atoms with E-state index in [2.05, 4.69) is 13.8 Å². The van der Waals surface area contributed by atoms with Crippen LogP contribution in [0.15, 0.2) is 0 Å². The molecule has 1 aliphatic rings. The second-order valence-electron chi connectivity index (χ2n) is 5.14. The van der Waals surface area contributed by atoms with Crippen molar-refractivity contribution in [2.75, 3.05) is 13.1 Å². The van der Waals surface area contributed by atoms with Crippen molar-refractivity contribution in [2.24, 2.45) is 11.3 Å². The van der Waals surface area contributed by atoms with Gasteiger partial charge in [-0.25, -0.2) is 0 Å². The van der Waals surface area contributed by atoms with Crippen molar-refractivity contribution in [2.45, 2.75) is 47.0 Å². The van der Waals surface area contributed by atoms with Gasteiger partial charge in [0.1, 0.15) is 0 Å². The van der Waals surface area contributed by atoms with Crippen LogP contribution in [-0.2, 0) is 4.79 Å². The first-order valence-electron chi connectivity index (χ1n) is 5.77. The number of nitrogens with zero attached hydrogens (tertiary/aromatic N) is 1. The Bertz CT molecular complexity index is 202. The summed E-state index contributed by atoms with van der Waals surface area (Å²) in [6, 6.07) is 0. The normalized spacial score (nSPS) is 21.4. The summed E-state index contributed by atoms with van der Waals surface area (Å²) >= 11 is 0. The molecule has 1 heterocycles. The standard InChI is InChI=1S/C12H23NO/c1-5-12(4)6-8-13(9-7-12)11(14)10(2)3/h10H,5-9H2,1-4H3. The summed E-state index contributed by atoms with van der Waals surface area (Å²) < 4.78 is 0. The van der Waals surface area contributed by atoms with Crippen molar-refractivity contribution in [1.29, 1.82) is 0 Å². The molecule has 0 atom stereocenters. The van der Waals surface area contributed by atoms with Crippen molar-refractivity contribution in [3.8, 4) is 0 Å². The molecule has 0 aliphatic carbocycles. The molecule has 0 radical (unpaired) electrons. The molecule has 1 amide bonds. The van der Waals surface area contributed by atoms with Crippen molar-refractivity contribution < 1.29 is 4.79 Å². The Labute approximate surface area is 87.7 Å². The molecule has 2 nitrogen and oxygen atoms in total. The largest absolute Gasteiger partial charge is 0.342 e. The quantitative estimate of drug-likeness (QED) is 0.666. The van der Waals surface area contributed by atoms with E-state index >= 15 is 0 Å². The molecule has 1 aliphatic heterocycles. The average Bonchev–Trinajstić information content (AvgIpc) is 2.18. The van der Waals surface area contributed by atoms with Crippen LogP contribution in [0.3, 0.4) is 0 Å². The molecular weight excluding hydrogens is 174 g/mol. The van der Waals surface area contributed by atoms with Gasteiger partial charge in [-0.2, -0.15) is 0 Å². The summed E-state index contributed by atoms with van der Waals surface area (Å²) in [5, 5.41) is 0. The molecule has 0 bridgehead atoms. The molecule has 0 aromatic heterocycles. The predicted molar refractivity (Wildman–Crippen MR) is 59.1 cm³/mol. The SMILES string of the molecule is CCC1(C)CCN(C(=O)C(C)C)CC1. The summed E-state index contributed by atoms with van der Waals surface area (Å²) in [4.78, 5) is 13.8. The van der Waals surface area contributed by atoms with Crippen LogP contribution in [0, 0.1) is 11.3 Å². The Kier molecular flexibility index (Phi) is 3.57. The predicted octanol–water partition coefficient (Wildman–Crippen LogP) is 2.68. The van der Waals surface area contributed by atoms with Gasteiger partial charge in [-0.05, 0) is 18.3 Å². The Morgan fingerprint density at radius 1 is 1.36 bits per heavy atom. The van der Waals surface area contributed by atoms with Gasteiger partial charge in [0.15, 0.2) is 0 Å². The molecule has 82 valence electrons. The molecule has 0 N–H and O–H groups in total. The van der Waals surface area contributed by atoms with E-state index in [0.717, 1.165) is 13.1 Å². The van der Waals surface area contributed by atoms with Gasteiger partial charge in [-0.1, -0.05) is 34.1 Å². The lowest BCUT2D eigenvalue weighted by Gasteiger charge is -2.39. The van der Waals surface area contributed by atoms with Crippen LogP contribution >= 0.6 is 0 Å². The van der Waals surface area contributed by atoms with Crippen LogP contribution in [0.2, 0.25) is 0 Å². The highest BCUT2D eigenvalue weighted by Crippen LogP contribution is 2.34. The molecule has 1 fully saturated rings. The lowest BCUT2D eigenvalue weighted by molar-refractivity contribution is -0.136. The van der Waals surface area contributed by atoms with Gasteiger partial charge in [-0.15, -0.1) is 0 Å². The van der Waals surface area contributed by atoms with E-state index in [9.17, 15) is 4.79 Å². The fourth-order valence-electron chi connectivity index (χ4n) is 1.99. The Hall–Kier alpha value is -0.530. The van der Waals surface area contributed by atoms with Gasteiger partial charge in [0.05, 0.1) is 0 Å². The topological polar surface area (TPSA) is 20.3 Å². The number of hydrogen-bond donors (Lipinski definition) is 0. The van der Waals surface area contributed by atoms with Crippen molar-refractivity contribution in [3.63, 3.8) is 0 Å². The first-order valence-corrected chi connectivity index (χ1v) is 5.77. The third-order valence-corrected chi connectivity index (χ3v) is 3.63. The maximum Gasteiger partial charge on any atom is 0.225 e. The molecule has 1 rings (SSSR count). The molecule has 1 saturated heterocycles. The summed E-state index contributed by atoms with van der Waals surface area (Å²) in [5.41, 5.74) is 0.480. The molecule has 0 aromatic carbocycles. The van der Waals surface area contributed by atoms with E-state index < -0.39 is 0 Å². The van der Waals surface area contributed by atoms with Gasteiger partial charge in [0.2, 0.25) is 5.91 Å². The molecule has 0 saturated carbocycles. The van der Waals surface area contributed by atoms with Crippen LogP contribution in [0.1, 0.15) is 47.0 Å². The molecule has 2 heteroatoms. The second-order valence-corrected chi connectivity index (χ2v) is 5.14. The third kappa shape index (κ3) is 2.49.